The molecule has 0 atom stereocenters. The molecular weight excluding hydrogens is 424 g/mol. The summed E-state index contributed by atoms with van der Waals surface area (Å²) in [4.78, 5) is 36.9. The number of esters is 1. The summed E-state index contributed by atoms with van der Waals surface area (Å²) in [5, 5.41) is 5.62. The van der Waals surface area contributed by atoms with Gasteiger partial charge in [0.2, 0.25) is 5.76 Å². The molecule has 1 aliphatic heterocycles. The van der Waals surface area contributed by atoms with Crippen LogP contribution in [0.5, 0.6) is 11.5 Å². The minimum atomic E-state index is -0.651. The molecule has 0 saturated carbocycles. The van der Waals surface area contributed by atoms with Gasteiger partial charge < -0.3 is 13.9 Å². The third-order valence-corrected chi connectivity index (χ3v) is 4.98. The highest BCUT2D eigenvalue weighted by atomic mass is 16.6. The molecule has 1 aromatic heterocycles. The van der Waals surface area contributed by atoms with Crippen LogP contribution in [-0.2, 0) is 4.79 Å². The first kappa shape index (κ1) is 21.8. The van der Waals surface area contributed by atoms with E-state index in [4.69, 9.17) is 13.9 Å². The van der Waals surface area contributed by atoms with Crippen molar-refractivity contribution in [3.8, 4) is 11.5 Å². The van der Waals surface area contributed by atoms with Crippen LogP contribution in [0.4, 0.5) is 5.69 Å². The van der Waals surface area contributed by atoms with E-state index >= 15 is 0 Å². The highest BCUT2D eigenvalue weighted by Gasteiger charge is 2.29. The molecule has 166 valence electrons. The number of anilines is 1. The van der Waals surface area contributed by atoms with E-state index in [1.54, 1.807) is 61.5 Å². The number of ketones is 1. The maximum atomic E-state index is 13.0. The van der Waals surface area contributed by atoms with Gasteiger partial charge in [0.1, 0.15) is 0 Å². The second-order valence-corrected chi connectivity index (χ2v) is 7.24. The average molecular weight is 444 g/mol. The molecule has 0 saturated heterocycles. The second kappa shape index (κ2) is 8.96. The summed E-state index contributed by atoms with van der Waals surface area (Å²) >= 11 is 0. The molecule has 2 aromatic carbocycles. The van der Waals surface area contributed by atoms with Crippen molar-refractivity contribution in [3.05, 3.63) is 83.3 Å². The zero-order valence-electron chi connectivity index (χ0n) is 18.2. The first-order valence-electron chi connectivity index (χ1n) is 10.0. The Labute approximate surface area is 189 Å². The highest BCUT2D eigenvalue weighted by molar-refractivity contribution is 6.32. The topological polar surface area (TPSA) is 98.4 Å². The number of methoxy groups -OCH3 is 1. The van der Waals surface area contributed by atoms with Crippen LogP contribution in [0.25, 0.3) is 6.08 Å². The Balaban J connectivity index is 1.59. The molecule has 33 heavy (non-hydrogen) atoms. The quantitative estimate of drug-likeness (QED) is 0.240. The predicted molar refractivity (Wildman–Crippen MR) is 122 cm³/mol. The molecular formula is C25H20N2O6. The average Bonchev–Trinajstić information content (AvgIpc) is 3.44. The van der Waals surface area contributed by atoms with E-state index in [1.807, 2.05) is 0 Å². The smallest absolute Gasteiger partial charge is 0.379 e. The van der Waals surface area contributed by atoms with Crippen LogP contribution in [0, 0.1) is 0 Å². The van der Waals surface area contributed by atoms with Crippen LogP contribution in [0.3, 0.4) is 0 Å². The summed E-state index contributed by atoms with van der Waals surface area (Å²) in [5.74, 6) is -0.468. The summed E-state index contributed by atoms with van der Waals surface area (Å²) < 4.78 is 15.7. The summed E-state index contributed by atoms with van der Waals surface area (Å²) in [5.41, 5.74) is 2.58. The minimum Gasteiger partial charge on any atom is -0.493 e. The molecule has 4 rings (SSSR count). The van der Waals surface area contributed by atoms with Crippen LogP contribution in [0.1, 0.15) is 40.3 Å². The first-order chi connectivity index (χ1) is 15.9. The molecule has 0 fully saturated rings. The number of furan rings is 1. The molecule has 1 amide bonds. The van der Waals surface area contributed by atoms with E-state index in [0.29, 0.717) is 33.8 Å². The number of hydrogen-bond acceptors (Lipinski definition) is 7. The van der Waals surface area contributed by atoms with Gasteiger partial charge in [0.15, 0.2) is 17.3 Å². The molecule has 0 unspecified atom stereocenters. The number of carbonyl (C=O) groups excluding carboxylic acids is 3. The minimum absolute atomic E-state index is 0.0700. The van der Waals surface area contributed by atoms with Crippen molar-refractivity contribution in [2.24, 2.45) is 5.10 Å². The summed E-state index contributed by atoms with van der Waals surface area (Å²) in [6.45, 7) is 3.20. The highest BCUT2D eigenvalue weighted by Crippen LogP contribution is 2.31. The number of hydrogen-bond donors (Lipinski definition) is 0. The maximum absolute atomic E-state index is 13.0. The van der Waals surface area contributed by atoms with Gasteiger partial charge in [-0.25, -0.2) is 4.79 Å². The van der Waals surface area contributed by atoms with Crippen LogP contribution in [0.2, 0.25) is 0 Å². The lowest BCUT2D eigenvalue weighted by atomic mass is 10.1. The van der Waals surface area contributed by atoms with E-state index in [9.17, 15) is 14.4 Å². The number of ether oxygens (including phenoxy) is 2. The second-order valence-electron chi connectivity index (χ2n) is 7.24. The fourth-order valence-corrected chi connectivity index (χ4v) is 3.29. The van der Waals surface area contributed by atoms with Crippen molar-refractivity contribution in [2.75, 3.05) is 12.1 Å². The lowest BCUT2D eigenvalue weighted by Crippen LogP contribution is -2.21. The van der Waals surface area contributed by atoms with E-state index in [-0.39, 0.29) is 23.2 Å². The van der Waals surface area contributed by atoms with Gasteiger partial charge >= 0.3 is 5.97 Å². The zero-order valence-corrected chi connectivity index (χ0v) is 18.2. The fraction of sp³-hybridized carbons (Fsp3) is 0.120. The van der Waals surface area contributed by atoms with Gasteiger partial charge in [-0.15, -0.1) is 0 Å². The SMILES string of the molecule is COc1cc(C=C2C(=O)N(c3cccc(C(C)=O)c3)N=C2C)ccc1OC(=O)c1ccco1. The van der Waals surface area contributed by atoms with Gasteiger partial charge in [-0.1, -0.05) is 18.2 Å². The van der Waals surface area contributed by atoms with Crippen LogP contribution in [0.15, 0.2) is 76.0 Å². The Hall–Kier alpha value is -4.46. The van der Waals surface area contributed by atoms with Crippen molar-refractivity contribution < 1.29 is 28.3 Å². The number of amides is 1. The van der Waals surface area contributed by atoms with Crippen molar-refractivity contribution in [1.82, 2.24) is 0 Å². The monoisotopic (exact) mass is 444 g/mol. The van der Waals surface area contributed by atoms with E-state index < -0.39 is 5.97 Å². The van der Waals surface area contributed by atoms with Crippen molar-refractivity contribution in [3.63, 3.8) is 0 Å². The van der Waals surface area contributed by atoms with Gasteiger partial charge in [-0.05, 0) is 61.9 Å². The number of hydrazone groups is 1. The van der Waals surface area contributed by atoms with Gasteiger partial charge in [0.05, 0.1) is 30.3 Å². The van der Waals surface area contributed by atoms with E-state index in [0.717, 1.165) is 0 Å². The number of benzene rings is 2. The lowest BCUT2D eigenvalue weighted by molar-refractivity contribution is -0.114. The number of carbonyl (C=O) groups is 3. The maximum Gasteiger partial charge on any atom is 0.379 e. The molecule has 0 aliphatic carbocycles. The van der Waals surface area contributed by atoms with Crippen LogP contribution < -0.4 is 14.5 Å². The van der Waals surface area contributed by atoms with Gasteiger partial charge in [-0.2, -0.15) is 10.1 Å². The van der Waals surface area contributed by atoms with Crippen molar-refractivity contribution in [1.29, 1.82) is 0 Å². The Morgan fingerprint density at radius 2 is 1.88 bits per heavy atom. The Bertz CT molecular complexity index is 1300. The summed E-state index contributed by atoms with van der Waals surface area (Å²) in [6, 6.07) is 14.7. The molecule has 0 N–H and O–H groups in total. The number of Topliss-reactive ketones (excluding diaryl/α,β-unsaturated/α-hetero) is 1. The molecule has 0 radical (unpaired) electrons. The zero-order chi connectivity index (χ0) is 23.5. The molecule has 0 spiro atoms. The molecule has 0 bridgehead atoms. The standard InChI is InChI=1S/C25H20N2O6/c1-15-20(24(29)27(26-15)19-7-4-6-18(14-19)16(2)28)12-17-9-10-21(23(13-17)31-3)33-25(30)22-8-5-11-32-22/h4-14H,1-3H3. The van der Waals surface area contributed by atoms with Crippen molar-refractivity contribution >= 4 is 35.1 Å². The van der Waals surface area contributed by atoms with Gasteiger partial charge in [-0.3, -0.25) is 9.59 Å². The van der Waals surface area contributed by atoms with Crippen molar-refractivity contribution in [2.45, 2.75) is 13.8 Å². The van der Waals surface area contributed by atoms with Gasteiger partial charge in [0.25, 0.3) is 5.91 Å². The first-order valence-corrected chi connectivity index (χ1v) is 10.0. The lowest BCUT2D eigenvalue weighted by Gasteiger charge is -2.12. The largest absolute Gasteiger partial charge is 0.493 e. The number of nitrogens with zero attached hydrogens (tertiary/aromatic N) is 2. The molecule has 1 aliphatic rings. The Morgan fingerprint density at radius 3 is 2.58 bits per heavy atom. The Morgan fingerprint density at radius 1 is 1.06 bits per heavy atom. The fourth-order valence-electron chi connectivity index (χ4n) is 3.29. The molecule has 2 heterocycles. The van der Waals surface area contributed by atoms with Gasteiger partial charge in [0, 0.05) is 5.56 Å². The molecule has 8 heteroatoms. The normalized spacial score (nSPS) is 14.4. The van der Waals surface area contributed by atoms with Crippen LogP contribution >= 0.6 is 0 Å². The molecule has 8 nitrogen and oxygen atoms in total. The third kappa shape index (κ3) is 4.45. The Kier molecular flexibility index (Phi) is 5.91. The predicted octanol–water partition coefficient (Wildman–Crippen LogP) is 4.52. The molecule has 3 aromatic rings. The van der Waals surface area contributed by atoms with Crippen LogP contribution in [-0.4, -0.2) is 30.5 Å². The van der Waals surface area contributed by atoms with E-state index in [2.05, 4.69) is 5.10 Å². The summed E-state index contributed by atoms with van der Waals surface area (Å²) in [7, 11) is 1.45. The summed E-state index contributed by atoms with van der Waals surface area (Å²) in [6.07, 6.45) is 3.06. The number of rotatable bonds is 6. The van der Waals surface area contributed by atoms with E-state index in [1.165, 1.54) is 31.4 Å². The third-order valence-electron chi connectivity index (χ3n) is 4.98.